The van der Waals surface area contributed by atoms with Crippen molar-refractivity contribution in [3.63, 3.8) is 0 Å². The highest BCUT2D eigenvalue weighted by Crippen LogP contribution is 2.25. The van der Waals surface area contributed by atoms with Crippen molar-refractivity contribution in [2.24, 2.45) is 0 Å². The lowest BCUT2D eigenvalue weighted by Crippen LogP contribution is -2.36. The van der Waals surface area contributed by atoms with E-state index in [1.54, 1.807) is 11.3 Å². The van der Waals surface area contributed by atoms with E-state index in [1.165, 1.54) is 37.7 Å². The molecule has 3 nitrogen and oxygen atoms in total. The van der Waals surface area contributed by atoms with E-state index in [4.69, 9.17) is 0 Å². The fraction of sp³-hybridized carbons (Fsp3) is 0.529. The van der Waals surface area contributed by atoms with Crippen molar-refractivity contribution in [3.8, 4) is 0 Å². The number of nitrogens with zero attached hydrogens (tertiary/aromatic N) is 3. The van der Waals surface area contributed by atoms with Crippen LogP contribution < -0.4 is 0 Å². The molecule has 2 heterocycles. The first-order valence-corrected chi connectivity index (χ1v) is 8.78. The molecule has 3 rings (SSSR count). The minimum atomic E-state index is 0.696. The Morgan fingerprint density at radius 2 is 2.00 bits per heavy atom. The summed E-state index contributed by atoms with van der Waals surface area (Å²) in [4.78, 5) is 11.5. The first-order chi connectivity index (χ1) is 10.3. The van der Waals surface area contributed by atoms with E-state index in [2.05, 4.69) is 31.7 Å². The molecular formula is C17H23N3S. The molecule has 0 N–H and O–H groups in total. The van der Waals surface area contributed by atoms with Crippen molar-refractivity contribution in [1.82, 2.24) is 14.9 Å². The van der Waals surface area contributed by atoms with Gasteiger partial charge in [0.25, 0.3) is 0 Å². The molecule has 0 bridgehead atoms. The standard InChI is InChI=1S/C17H23N3S/c1-14-9-19-16(10-18-14)12-20(11-15-7-8-21-13-15)17-5-3-2-4-6-17/h7-10,13,17H,2-6,11-12H2,1H3. The van der Waals surface area contributed by atoms with Crippen molar-refractivity contribution in [2.75, 3.05) is 0 Å². The van der Waals surface area contributed by atoms with Crippen molar-refractivity contribution >= 4 is 11.3 Å². The molecule has 0 radical (unpaired) electrons. The van der Waals surface area contributed by atoms with Gasteiger partial charge in [0.1, 0.15) is 0 Å². The van der Waals surface area contributed by atoms with Crippen molar-refractivity contribution in [3.05, 3.63) is 46.2 Å². The molecular weight excluding hydrogens is 278 g/mol. The molecule has 0 unspecified atom stereocenters. The van der Waals surface area contributed by atoms with Crippen molar-refractivity contribution in [2.45, 2.75) is 58.2 Å². The smallest absolute Gasteiger partial charge is 0.0727 e. The van der Waals surface area contributed by atoms with Gasteiger partial charge in [-0.15, -0.1) is 0 Å². The van der Waals surface area contributed by atoms with Crippen LogP contribution >= 0.6 is 11.3 Å². The molecule has 2 aromatic rings. The summed E-state index contributed by atoms with van der Waals surface area (Å²) in [5.41, 5.74) is 3.49. The Morgan fingerprint density at radius 1 is 1.14 bits per heavy atom. The maximum atomic E-state index is 4.54. The molecule has 2 aromatic heterocycles. The largest absolute Gasteiger partial charge is 0.290 e. The molecule has 21 heavy (non-hydrogen) atoms. The van der Waals surface area contributed by atoms with E-state index in [1.807, 2.05) is 19.3 Å². The lowest BCUT2D eigenvalue weighted by Gasteiger charge is -2.34. The van der Waals surface area contributed by atoms with Crippen LogP contribution in [0.4, 0.5) is 0 Å². The summed E-state index contributed by atoms with van der Waals surface area (Å²) >= 11 is 1.78. The van der Waals surface area contributed by atoms with Crippen molar-refractivity contribution in [1.29, 1.82) is 0 Å². The van der Waals surface area contributed by atoms with Gasteiger partial charge in [0.15, 0.2) is 0 Å². The second-order valence-corrected chi connectivity index (χ2v) is 6.76. The van der Waals surface area contributed by atoms with E-state index in [0.717, 1.165) is 24.5 Å². The molecule has 112 valence electrons. The Hall–Kier alpha value is -1.26. The number of aromatic nitrogens is 2. The highest BCUT2D eigenvalue weighted by molar-refractivity contribution is 7.07. The lowest BCUT2D eigenvalue weighted by atomic mass is 9.94. The van der Waals surface area contributed by atoms with Gasteiger partial charge in [0.2, 0.25) is 0 Å². The third-order valence-electron chi connectivity index (χ3n) is 4.26. The quantitative estimate of drug-likeness (QED) is 0.829. The molecule has 1 saturated carbocycles. The van der Waals surface area contributed by atoms with Crippen LogP contribution in [-0.2, 0) is 13.1 Å². The Bertz CT molecular complexity index is 530. The molecule has 0 atom stereocenters. The molecule has 4 heteroatoms. The monoisotopic (exact) mass is 301 g/mol. The SMILES string of the molecule is Cc1cnc(CN(Cc2ccsc2)C2CCCCC2)cn1. The van der Waals surface area contributed by atoms with Crippen LogP contribution in [0.15, 0.2) is 29.2 Å². The van der Waals surface area contributed by atoms with E-state index in [9.17, 15) is 0 Å². The number of aryl methyl sites for hydroxylation is 1. The summed E-state index contributed by atoms with van der Waals surface area (Å²) < 4.78 is 0. The summed E-state index contributed by atoms with van der Waals surface area (Å²) in [5.74, 6) is 0. The number of hydrogen-bond acceptors (Lipinski definition) is 4. The number of rotatable bonds is 5. The van der Waals surface area contributed by atoms with Gasteiger partial charge >= 0.3 is 0 Å². The summed E-state index contributed by atoms with van der Waals surface area (Å²) in [5, 5.41) is 4.43. The van der Waals surface area contributed by atoms with Gasteiger partial charge in [0, 0.05) is 31.5 Å². The first-order valence-electron chi connectivity index (χ1n) is 7.84. The minimum Gasteiger partial charge on any atom is -0.290 e. The summed E-state index contributed by atoms with van der Waals surface area (Å²) in [6, 6.07) is 2.93. The van der Waals surface area contributed by atoms with Gasteiger partial charge in [-0.25, -0.2) is 0 Å². The average molecular weight is 301 g/mol. The summed E-state index contributed by atoms with van der Waals surface area (Å²) in [6.45, 7) is 3.93. The lowest BCUT2D eigenvalue weighted by molar-refractivity contribution is 0.138. The van der Waals surface area contributed by atoms with Crippen LogP contribution in [0.25, 0.3) is 0 Å². The Balaban J connectivity index is 1.72. The zero-order valence-corrected chi connectivity index (χ0v) is 13.5. The van der Waals surface area contributed by atoms with E-state index >= 15 is 0 Å². The average Bonchev–Trinajstić information content (AvgIpc) is 3.03. The predicted octanol–water partition coefficient (Wildman–Crippen LogP) is 4.18. The molecule has 0 aromatic carbocycles. The van der Waals surface area contributed by atoms with Crippen LogP contribution in [0.2, 0.25) is 0 Å². The van der Waals surface area contributed by atoms with E-state index in [-0.39, 0.29) is 0 Å². The highest BCUT2D eigenvalue weighted by atomic mass is 32.1. The van der Waals surface area contributed by atoms with Gasteiger partial charge in [0.05, 0.1) is 11.4 Å². The van der Waals surface area contributed by atoms with Crippen LogP contribution in [0, 0.1) is 6.92 Å². The zero-order valence-electron chi connectivity index (χ0n) is 12.7. The Kier molecular flexibility index (Phi) is 4.99. The third kappa shape index (κ3) is 4.11. The van der Waals surface area contributed by atoms with E-state index in [0.29, 0.717) is 6.04 Å². The Labute approximate surface area is 131 Å². The number of thiophene rings is 1. The van der Waals surface area contributed by atoms with Crippen LogP contribution in [0.3, 0.4) is 0 Å². The highest BCUT2D eigenvalue weighted by Gasteiger charge is 2.22. The summed E-state index contributed by atoms with van der Waals surface area (Å²) in [7, 11) is 0. The Morgan fingerprint density at radius 3 is 2.67 bits per heavy atom. The van der Waals surface area contributed by atoms with Crippen molar-refractivity contribution < 1.29 is 0 Å². The third-order valence-corrected chi connectivity index (χ3v) is 4.99. The van der Waals surface area contributed by atoms with Gasteiger partial charge in [-0.3, -0.25) is 14.9 Å². The van der Waals surface area contributed by atoms with Gasteiger partial charge in [-0.05, 0) is 42.2 Å². The second-order valence-electron chi connectivity index (χ2n) is 5.98. The van der Waals surface area contributed by atoms with Gasteiger partial charge in [-0.2, -0.15) is 11.3 Å². The molecule has 0 saturated heterocycles. The van der Waals surface area contributed by atoms with Gasteiger partial charge in [-0.1, -0.05) is 19.3 Å². The molecule has 0 spiro atoms. The van der Waals surface area contributed by atoms with Crippen LogP contribution in [0.5, 0.6) is 0 Å². The van der Waals surface area contributed by atoms with Crippen LogP contribution in [0.1, 0.15) is 49.1 Å². The molecule has 1 fully saturated rings. The molecule has 0 aliphatic heterocycles. The summed E-state index contributed by atoms with van der Waals surface area (Å²) in [6.07, 6.45) is 10.6. The first kappa shape index (κ1) is 14.7. The van der Waals surface area contributed by atoms with Gasteiger partial charge < -0.3 is 0 Å². The normalized spacial score (nSPS) is 16.5. The molecule has 0 amide bonds. The number of hydrogen-bond donors (Lipinski definition) is 0. The topological polar surface area (TPSA) is 29.0 Å². The maximum absolute atomic E-state index is 4.54. The fourth-order valence-corrected chi connectivity index (χ4v) is 3.75. The zero-order chi connectivity index (χ0) is 14.5. The minimum absolute atomic E-state index is 0.696. The predicted molar refractivity (Wildman–Crippen MR) is 87.2 cm³/mol. The van der Waals surface area contributed by atoms with E-state index < -0.39 is 0 Å². The second kappa shape index (κ2) is 7.14. The molecule has 1 aliphatic carbocycles. The molecule has 1 aliphatic rings. The maximum Gasteiger partial charge on any atom is 0.0727 e. The fourth-order valence-electron chi connectivity index (χ4n) is 3.09. The van der Waals surface area contributed by atoms with Crippen LogP contribution in [-0.4, -0.2) is 20.9 Å².